The zero-order chi connectivity index (χ0) is 22.4. The number of aliphatic hydroxyl groups is 1. The number of aliphatic hydroxyl groups excluding tert-OH is 1. The van der Waals surface area contributed by atoms with Gasteiger partial charge in [-0.25, -0.2) is 0 Å². The molecule has 2 fully saturated rings. The Bertz CT molecular complexity index is 852. The van der Waals surface area contributed by atoms with Crippen LogP contribution in [-0.2, 0) is 23.9 Å². The van der Waals surface area contributed by atoms with Crippen LogP contribution in [0.25, 0.3) is 0 Å². The van der Waals surface area contributed by atoms with Gasteiger partial charge in [0.25, 0.3) is 0 Å². The van der Waals surface area contributed by atoms with Gasteiger partial charge in [-0.05, 0) is 24.8 Å². The van der Waals surface area contributed by atoms with Crippen LogP contribution in [0.15, 0.2) is 22.8 Å². The first-order chi connectivity index (χ1) is 14.7. The molecule has 0 aromatic carbocycles. The Labute approximate surface area is 184 Å². The van der Waals surface area contributed by atoms with E-state index in [4.69, 9.17) is 9.47 Å². The number of esters is 2. The van der Waals surface area contributed by atoms with Crippen molar-refractivity contribution in [1.82, 2.24) is 0 Å². The van der Waals surface area contributed by atoms with E-state index < -0.39 is 34.6 Å². The Hall–Kier alpha value is -1.95. The molecule has 1 saturated carbocycles. The third-order valence-electron chi connectivity index (χ3n) is 7.79. The molecule has 3 aliphatic carbocycles. The second-order valence-corrected chi connectivity index (χ2v) is 10.3. The normalized spacial score (nSPS) is 34.5. The second kappa shape index (κ2) is 7.88. The van der Waals surface area contributed by atoms with Crippen LogP contribution in [0.2, 0.25) is 0 Å². The molecular formula is C25H34O6. The van der Waals surface area contributed by atoms with Crippen LogP contribution >= 0.6 is 0 Å². The lowest BCUT2D eigenvalue weighted by Gasteiger charge is -2.32. The Morgan fingerprint density at radius 3 is 2.58 bits per heavy atom. The molecule has 1 saturated heterocycles. The molecule has 0 radical (unpaired) electrons. The molecule has 0 aromatic heterocycles. The van der Waals surface area contributed by atoms with Gasteiger partial charge in [0, 0.05) is 23.0 Å². The molecule has 31 heavy (non-hydrogen) atoms. The van der Waals surface area contributed by atoms with Crippen LogP contribution in [0.3, 0.4) is 0 Å². The average Bonchev–Trinajstić information content (AvgIpc) is 3.28. The topological polar surface area (TPSA) is 89.9 Å². The van der Waals surface area contributed by atoms with Crippen molar-refractivity contribution in [2.24, 2.45) is 16.2 Å². The molecule has 1 heterocycles. The highest BCUT2D eigenvalue weighted by atomic mass is 16.6. The van der Waals surface area contributed by atoms with Crippen molar-refractivity contribution in [2.45, 2.75) is 97.4 Å². The van der Waals surface area contributed by atoms with Gasteiger partial charge in [0.1, 0.15) is 12.4 Å². The van der Waals surface area contributed by atoms with Crippen LogP contribution in [0.4, 0.5) is 0 Å². The number of rotatable bonds is 10. The van der Waals surface area contributed by atoms with Crippen LogP contribution in [-0.4, -0.2) is 35.7 Å². The van der Waals surface area contributed by atoms with E-state index in [0.717, 1.165) is 31.1 Å². The molecule has 4 rings (SSSR count). The highest BCUT2D eigenvalue weighted by Gasteiger charge is 2.85. The highest BCUT2D eigenvalue weighted by molar-refractivity contribution is 5.95. The van der Waals surface area contributed by atoms with E-state index in [0.29, 0.717) is 30.4 Å². The lowest BCUT2D eigenvalue weighted by Crippen LogP contribution is -2.36. The monoisotopic (exact) mass is 430 g/mol. The van der Waals surface area contributed by atoms with Gasteiger partial charge in [-0.15, -0.1) is 0 Å². The maximum atomic E-state index is 12.6. The molecule has 0 amide bonds. The largest absolute Gasteiger partial charge is 0.457 e. The third-order valence-corrected chi connectivity index (χ3v) is 7.79. The number of fused-ring (bicyclic) bond motifs is 1. The summed E-state index contributed by atoms with van der Waals surface area (Å²) in [4.78, 5) is 37.3. The van der Waals surface area contributed by atoms with Crippen LogP contribution in [0, 0.1) is 16.2 Å². The number of carbonyl (C=O) groups is 3. The minimum absolute atomic E-state index is 0.261. The Kier molecular flexibility index (Phi) is 5.65. The number of hydrogen-bond donors (Lipinski definition) is 1. The molecule has 0 spiro atoms. The van der Waals surface area contributed by atoms with Gasteiger partial charge in [0.15, 0.2) is 0 Å². The standard InChI is InChI=1S/C25H34O6/c1-4-5-6-7-8-9-10-11-18(27)30-20-19-16(12-23(20,2)3)13-24-15-25(24,17(19)14-26)22(29)31-21(24)28/h12,14,20,22,29H,4-11,13,15H2,1-3H3/t20-,22-,24-,25-/m1/s1. The third kappa shape index (κ3) is 3.29. The van der Waals surface area contributed by atoms with Gasteiger partial charge in [0.05, 0.1) is 10.8 Å². The van der Waals surface area contributed by atoms with E-state index in [1.807, 2.05) is 19.9 Å². The summed E-state index contributed by atoms with van der Waals surface area (Å²) in [5.74, 6) is -0.694. The van der Waals surface area contributed by atoms with Gasteiger partial charge < -0.3 is 14.6 Å². The SMILES string of the molecule is CCCCCCCCCC(=O)O[C@@H]1C2=C(C=O)[C@@]34C[C@]3(CC2=CC1(C)C)C(=O)O[C@H]4O. The van der Waals surface area contributed by atoms with Crippen molar-refractivity contribution >= 4 is 18.2 Å². The minimum atomic E-state index is -1.32. The van der Waals surface area contributed by atoms with Crippen molar-refractivity contribution < 1.29 is 29.0 Å². The minimum Gasteiger partial charge on any atom is -0.457 e. The van der Waals surface area contributed by atoms with Crippen molar-refractivity contribution in [1.29, 1.82) is 0 Å². The predicted molar refractivity (Wildman–Crippen MR) is 114 cm³/mol. The summed E-state index contributed by atoms with van der Waals surface area (Å²) >= 11 is 0. The molecule has 170 valence electrons. The number of aldehydes is 1. The fourth-order valence-corrected chi connectivity index (χ4v) is 6.07. The lowest BCUT2D eigenvalue weighted by molar-refractivity contribution is -0.164. The van der Waals surface area contributed by atoms with Crippen LogP contribution < -0.4 is 0 Å². The average molecular weight is 431 g/mol. The predicted octanol–water partition coefficient (Wildman–Crippen LogP) is 4.16. The lowest BCUT2D eigenvalue weighted by atomic mass is 9.73. The molecule has 0 bridgehead atoms. The molecule has 6 nitrogen and oxygen atoms in total. The summed E-state index contributed by atoms with van der Waals surface area (Å²) in [6.45, 7) is 6.15. The molecule has 6 heteroatoms. The van der Waals surface area contributed by atoms with Gasteiger partial charge in [-0.1, -0.05) is 65.4 Å². The zero-order valence-electron chi connectivity index (χ0n) is 18.9. The van der Waals surface area contributed by atoms with Gasteiger partial charge in [0.2, 0.25) is 6.29 Å². The highest BCUT2D eigenvalue weighted by Crippen LogP contribution is 2.79. The molecule has 4 aliphatic rings. The van der Waals surface area contributed by atoms with Crippen molar-refractivity contribution in [3.63, 3.8) is 0 Å². The Morgan fingerprint density at radius 2 is 1.90 bits per heavy atom. The fraction of sp³-hybridized carbons (Fsp3) is 0.720. The van der Waals surface area contributed by atoms with E-state index in [9.17, 15) is 19.5 Å². The van der Waals surface area contributed by atoms with E-state index >= 15 is 0 Å². The van der Waals surface area contributed by atoms with E-state index in [1.165, 1.54) is 25.7 Å². The summed E-state index contributed by atoms with van der Waals surface area (Å²) < 4.78 is 11.0. The summed E-state index contributed by atoms with van der Waals surface area (Å²) in [6, 6.07) is 0. The summed E-state index contributed by atoms with van der Waals surface area (Å²) in [5, 5.41) is 10.5. The Morgan fingerprint density at radius 1 is 1.23 bits per heavy atom. The first kappa shape index (κ1) is 22.3. The zero-order valence-corrected chi connectivity index (χ0v) is 18.9. The van der Waals surface area contributed by atoms with Crippen molar-refractivity contribution in [3.8, 4) is 0 Å². The molecule has 1 aliphatic heterocycles. The van der Waals surface area contributed by atoms with Crippen LogP contribution in [0.5, 0.6) is 0 Å². The second-order valence-electron chi connectivity index (χ2n) is 10.3. The number of carbonyl (C=O) groups excluding carboxylic acids is 3. The number of cyclic esters (lactones) is 1. The molecule has 0 aromatic rings. The maximum absolute atomic E-state index is 12.6. The summed E-state index contributed by atoms with van der Waals surface area (Å²) in [7, 11) is 0. The van der Waals surface area contributed by atoms with Gasteiger partial charge in [-0.2, -0.15) is 0 Å². The molecule has 1 N–H and O–H groups in total. The van der Waals surface area contributed by atoms with Gasteiger partial charge >= 0.3 is 11.9 Å². The van der Waals surface area contributed by atoms with E-state index in [1.54, 1.807) is 0 Å². The van der Waals surface area contributed by atoms with Crippen molar-refractivity contribution in [3.05, 3.63) is 22.8 Å². The van der Waals surface area contributed by atoms with Crippen LogP contribution in [0.1, 0.15) is 85.0 Å². The molecule has 4 atom stereocenters. The first-order valence-corrected chi connectivity index (χ1v) is 11.7. The quantitative estimate of drug-likeness (QED) is 0.318. The number of hydrogen-bond acceptors (Lipinski definition) is 6. The molecular weight excluding hydrogens is 396 g/mol. The number of ether oxygens (including phenoxy) is 2. The fourth-order valence-electron chi connectivity index (χ4n) is 6.07. The maximum Gasteiger partial charge on any atom is 0.315 e. The number of unbranched alkanes of at least 4 members (excludes halogenated alkanes) is 6. The Balaban J connectivity index is 1.47. The first-order valence-electron chi connectivity index (χ1n) is 11.7. The van der Waals surface area contributed by atoms with Crippen molar-refractivity contribution in [2.75, 3.05) is 0 Å². The summed E-state index contributed by atoms with van der Waals surface area (Å²) in [6.07, 6.45) is 9.90. The van der Waals surface area contributed by atoms with Gasteiger partial charge in [-0.3, -0.25) is 14.4 Å². The van der Waals surface area contributed by atoms with E-state index in [-0.39, 0.29) is 5.97 Å². The smallest absolute Gasteiger partial charge is 0.315 e. The molecule has 0 unspecified atom stereocenters. The van der Waals surface area contributed by atoms with E-state index in [2.05, 4.69) is 6.92 Å². The summed E-state index contributed by atoms with van der Waals surface area (Å²) in [5.41, 5.74) is -0.379.